The van der Waals surface area contributed by atoms with Crippen LogP contribution in [0.4, 0.5) is 0 Å². The minimum atomic E-state index is -1.01. The number of aliphatic hydroxyl groups is 1. The highest BCUT2D eigenvalue weighted by Crippen LogP contribution is 2.25. The second kappa shape index (κ2) is 4.58. The number of carboxylic acid groups (broad SMARTS) is 1. The fourth-order valence-corrected chi connectivity index (χ4v) is 1.92. The normalized spacial score (nSPS) is 32.2. The second-order valence-corrected chi connectivity index (χ2v) is 3.73. The number of carboxylic acids is 1. The van der Waals surface area contributed by atoms with Gasteiger partial charge in [0.05, 0.1) is 6.10 Å². The van der Waals surface area contributed by atoms with Crippen molar-refractivity contribution < 1.29 is 15.0 Å². The van der Waals surface area contributed by atoms with Crippen LogP contribution in [0.1, 0.15) is 32.1 Å². The Morgan fingerprint density at radius 1 is 1.31 bits per heavy atom. The van der Waals surface area contributed by atoms with Gasteiger partial charge < -0.3 is 15.9 Å². The molecule has 0 radical (unpaired) electrons. The molecule has 1 saturated carbocycles. The Morgan fingerprint density at radius 3 is 2.54 bits per heavy atom. The van der Waals surface area contributed by atoms with E-state index in [-0.39, 0.29) is 5.92 Å². The SMILES string of the molecule is NC(C(=O)O)[C@@H]1CCCCCC1O. The molecule has 0 amide bonds. The van der Waals surface area contributed by atoms with E-state index in [0.29, 0.717) is 6.42 Å². The van der Waals surface area contributed by atoms with E-state index < -0.39 is 18.1 Å². The van der Waals surface area contributed by atoms with Crippen LogP contribution >= 0.6 is 0 Å². The quantitative estimate of drug-likeness (QED) is 0.544. The molecule has 1 fully saturated rings. The molecule has 2 unspecified atom stereocenters. The van der Waals surface area contributed by atoms with E-state index in [1.165, 1.54) is 0 Å². The molecule has 0 aromatic heterocycles. The summed E-state index contributed by atoms with van der Waals surface area (Å²) in [7, 11) is 0. The standard InChI is InChI=1S/C9H17NO3/c10-8(9(12)13)6-4-2-1-3-5-7(6)11/h6-8,11H,1-5,10H2,(H,12,13)/t6-,7?,8?/m1/s1. The Bertz CT molecular complexity index is 184. The first kappa shape index (κ1) is 10.5. The molecule has 76 valence electrons. The summed E-state index contributed by atoms with van der Waals surface area (Å²) in [5, 5.41) is 18.3. The summed E-state index contributed by atoms with van der Waals surface area (Å²) >= 11 is 0. The average molecular weight is 187 g/mol. The van der Waals surface area contributed by atoms with E-state index in [4.69, 9.17) is 10.8 Å². The van der Waals surface area contributed by atoms with Gasteiger partial charge in [0, 0.05) is 5.92 Å². The van der Waals surface area contributed by atoms with Crippen molar-refractivity contribution >= 4 is 5.97 Å². The fourth-order valence-electron chi connectivity index (χ4n) is 1.92. The highest BCUT2D eigenvalue weighted by atomic mass is 16.4. The summed E-state index contributed by atoms with van der Waals surface area (Å²) in [6, 6.07) is -0.909. The number of carbonyl (C=O) groups is 1. The third-order valence-electron chi connectivity index (χ3n) is 2.78. The minimum Gasteiger partial charge on any atom is -0.480 e. The monoisotopic (exact) mass is 187 g/mol. The van der Waals surface area contributed by atoms with Crippen LogP contribution in [0.15, 0.2) is 0 Å². The molecule has 4 nitrogen and oxygen atoms in total. The zero-order valence-corrected chi connectivity index (χ0v) is 7.65. The molecule has 0 heterocycles. The van der Waals surface area contributed by atoms with Crippen LogP contribution < -0.4 is 5.73 Å². The zero-order valence-electron chi connectivity index (χ0n) is 7.65. The smallest absolute Gasteiger partial charge is 0.320 e. The average Bonchev–Trinajstić information content (AvgIpc) is 2.28. The van der Waals surface area contributed by atoms with E-state index in [1.54, 1.807) is 0 Å². The van der Waals surface area contributed by atoms with Crippen molar-refractivity contribution in [3.8, 4) is 0 Å². The van der Waals surface area contributed by atoms with Gasteiger partial charge in [-0.2, -0.15) is 0 Å². The molecule has 4 heteroatoms. The predicted octanol–water partition coefficient (Wildman–Crippen LogP) is 0.339. The van der Waals surface area contributed by atoms with Gasteiger partial charge in [-0.3, -0.25) is 4.79 Å². The maximum atomic E-state index is 10.6. The fraction of sp³-hybridized carbons (Fsp3) is 0.889. The minimum absolute atomic E-state index is 0.264. The molecular formula is C9H17NO3. The number of rotatable bonds is 2. The summed E-state index contributed by atoms with van der Waals surface area (Å²) in [5.41, 5.74) is 5.49. The molecule has 4 N–H and O–H groups in total. The molecule has 0 saturated heterocycles. The molecule has 1 aliphatic carbocycles. The van der Waals surface area contributed by atoms with Gasteiger partial charge in [0.25, 0.3) is 0 Å². The molecular weight excluding hydrogens is 170 g/mol. The maximum absolute atomic E-state index is 10.6. The highest BCUT2D eigenvalue weighted by Gasteiger charge is 2.31. The lowest BCUT2D eigenvalue weighted by molar-refractivity contribution is -0.141. The van der Waals surface area contributed by atoms with Crippen molar-refractivity contribution in [2.45, 2.75) is 44.2 Å². The molecule has 0 aliphatic heterocycles. The van der Waals surface area contributed by atoms with E-state index in [9.17, 15) is 9.90 Å². The van der Waals surface area contributed by atoms with Crippen LogP contribution in [0, 0.1) is 5.92 Å². The first-order valence-corrected chi connectivity index (χ1v) is 4.79. The number of hydrogen-bond acceptors (Lipinski definition) is 3. The van der Waals surface area contributed by atoms with Crippen molar-refractivity contribution in [1.29, 1.82) is 0 Å². The lowest BCUT2D eigenvalue weighted by Crippen LogP contribution is -2.43. The van der Waals surface area contributed by atoms with E-state index in [1.807, 2.05) is 0 Å². The van der Waals surface area contributed by atoms with Gasteiger partial charge in [0.15, 0.2) is 0 Å². The maximum Gasteiger partial charge on any atom is 0.320 e. The Morgan fingerprint density at radius 2 is 1.92 bits per heavy atom. The zero-order chi connectivity index (χ0) is 9.84. The van der Waals surface area contributed by atoms with Crippen LogP contribution in [-0.4, -0.2) is 28.3 Å². The Kier molecular flexibility index (Phi) is 3.69. The molecule has 0 aromatic rings. The summed E-state index contributed by atoms with van der Waals surface area (Å²) in [6.45, 7) is 0. The van der Waals surface area contributed by atoms with E-state index >= 15 is 0 Å². The van der Waals surface area contributed by atoms with Gasteiger partial charge in [0.1, 0.15) is 6.04 Å². The summed E-state index contributed by atoms with van der Waals surface area (Å²) < 4.78 is 0. The predicted molar refractivity (Wildman–Crippen MR) is 48.2 cm³/mol. The van der Waals surface area contributed by atoms with E-state index in [0.717, 1.165) is 25.7 Å². The van der Waals surface area contributed by atoms with Crippen LogP contribution in [0.2, 0.25) is 0 Å². The first-order chi connectivity index (χ1) is 6.13. The van der Waals surface area contributed by atoms with Crippen LogP contribution in [0.25, 0.3) is 0 Å². The topological polar surface area (TPSA) is 83.6 Å². The summed E-state index contributed by atoms with van der Waals surface area (Å²) in [5.74, 6) is -1.27. The number of hydrogen-bond donors (Lipinski definition) is 3. The number of aliphatic carboxylic acids is 1. The Balaban J connectivity index is 2.58. The Labute approximate surface area is 77.7 Å². The summed E-state index contributed by atoms with van der Waals surface area (Å²) in [4.78, 5) is 10.6. The Hall–Kier alpha value is -0.610. The van der Waals surface area contributed by atoms with Crippen molar-refractivity contribution in [3.63, 3.8) is 0 Å². The molecule has 0 aromatic carbocycles. The van der Waals surface area contributed by atoms with E-state index in [2.05, 4.69) is 0 Å². The highest BCUT2D eigenvalue weighted by molar-refractivity contribution is 5.73. The molecule has 1 rings (SSSR count). The third kappa shape index (κ3) is 2.67. The van der Waals surface area contributed by atoms with Crippen molar-refractivity contribution in [2.24, 2.45) is 11.7 Å². The van der Waals surface area contributed by atoms with Crippen molar-refractivity contribution in [3.05, 3.63) is 0 Å². The lowest BCUT2D eigenvalue weighted by Gasteiger charge is -2.23. The van der Waals surface area contributed by atoms with Gasteiger partial charge in [-0.25, -0.2) is 0 Å². The van der Waals surface area contributed by atoms with Gasteiger partial charge in [-0.1, -0.05) is 19.3 Å². The molecule has 3 atom stereocenters. The van der Waals surface area contributed by atoms with Crippen LogP contribution in [0.3, 0.4) is 0 Å². The van der Waals surface area contributed by atoms with Gasteiger partial charge >= 0.3 is 5.97 Å². The van der Waals surface area contributed by atoms with Crippen molar-refractivity contribution in [2.75, 3.05) is 0 Å². The summed E-state index contributed by atoms with van der Waals surface area (Å²) in [6.07, 6.45) is 3.90. The molecule has 13 heavy (non-hydrogen) atoms. The number of nitrogens with two attached hydrogens (primary N) is 1. The van der Waals surface area contributed by atoms with Gasteiger partial charge in [-0.05, 0) is 12.8 Å². The van der Waals surface area contributed by atoms with Crippen molar-refractivity contribution in [1.82, 2.24) is 0 Å². The molecule has 1 aliphatic rings. The number of aliphatic hydroxyl groups excluding tert-OH is 1. The third-order valence-corrected chi connectivity index (χ3v) is 2.78. The van der Waals surface area contributed by atoms with Crippen LogP contribution in [0.5, 0.6) is 0 Å². The van der Waals surface area contributed by atoms with Crippen LogP contribution in [-0.2, 0) is 4.79 Å². The molecule has 0 spiro atoms. The lowest BCUT2D eigenvalue weighted by atomic mass is 9.90. The second-order valence-electron chi connectivity index (χ2n) is 3.73. The molecule has 0 bridgehead atoms. The first-order valence-electron chi connectivity index (χ1n) is 4.79. The van der Waals surface area contributed by atoms with Gasteiger partial charge in [0.2, 0.25) is 0 Å². The van der Waals surface area contributed by atoms with Gasteiger partial charge in [-0.15, -0.1) is 0 Å². The largest absolute Gasteiger partial charge is 0.480 e.